The van der Waals surface area contributed by atoms with Gasteiger partial charge in [-0.25, -0.2) is 4.79 Å². The largest absolute Gasteiger partial charge is 0.478 e. The predicted molar refractivity (Wildman–Crippen MR) is 65.8 cm³/mol. The molecular weight excluding hydrogens is 333 g/mol. The van der Waals surface area contributed by atoms with Gasteiger partial charge in [-0.15, -0.1) is 0 Å². The third-order valence-corrected chi connectivity index (χ3v) is 3.23. The van der Waals surface area contributed by atoms with Crippen LogP contribution >= 0.6 is 0 Å². The molecule has 0 heterocycles. The van der Waals surface area contributed by atoms with Gasteiger partial charge in [0.15, 0.2) is 0 Å². The fraction of sp³-hybridized carbons (Fsp3) is 0.214. The number of carbonyl (C=O) groups is 1. The molecule has 0 aliphatic heterocycles. The molecule has 124 valence electrons. The molecule has 2 rings (SSSR count). The first kappa shape index (κ1) is 17.0. The molecule has 2 aromatic carbocycles. The van der Waals surface area contributed by atoms with Crippen molar-refractivity contribution < 1.29 is 40.6 Å². The van der Waals surface area contributed by atoms with Gasteiger partial charge >= 0.3 is 24.0 Å². The third kappa shape index (κ3) is 2.49. The Hall–Kier alpha value is -2.32. The Morgan fingerprint density at radius 3 is 1.96 bits per heavy atom. The van der Waals surface area contributed by atoms with E-state index in [2.05, 4.69) is 0 Å². The first-order valence-corrected chi connectivity index (χ1v) is 5.99. The lowest BCUT2D eigenvalue weighted by atomic mass is 9.92. The number of alkyl halides is 7. The molecule has 2 nitrogen and oxygen atoms in total. The molecular formula is C14H7F7O2. The highest BCUT2D eigenvalue weighted by molar-refractivity contribution is 6.05. The maximum atomic E-state index is 13.8. The highest BCUT2D eigenvalue weighted by Gasteiger charge is 2.74. The highest BCUT2D eigenvalue weighted by Crippen LogP contribution is 2.53. The van der Waals surface area contributed by atoms with Gasteiger partial charge in [0.25, 0.3) is 0 Å². The summed E-state index contributed by atoms with van der Waals surface area (Å²) in [5.74, 6) is -14.2. The van der Waals surface area contributed by atoms with Gasteiger partial charge in [-0.3, -0.25) is 0 Å². The number of rotatable bonds is 3. The Labute approximate surface area is 124 Å². The van der Waals surface area contributed by atoms with Crippen molar-refractivity contribution in [3.63, 3.8) is 0 Å². The summed E-state index contributed by atoms with van der Waals surface area (Å²) in [6.45, 7) is 0. The summed E-state index contributed by atoms with van der Waals surface area (Å²) in [5.41, 5.74) is -3.19. The molecule has 2 aromatic rings. The molecule has 0 saturated heterocycles. The topological polar surface area (TPSA) is 37.3 Å². The first-order valence-electron chi connectivity index (χ1n) is 5.99. The van der Waals surface area contributed by atoms with Crippen LogP contribution in [-0.2, 0) is 5.92 Å². The first-order chi connectivity index (χ1) is 10.4. The summed E-state index contributed by atoms with van der Waals surface area (Å²) in [6, 6.07) is 6.16. The van der Waals surface area contributed by atoms with Crippen molar-refractivity contribution in [3.8, 4) is 0 Å². The molecule has 0 aliphatic rings. The second-order valence-corrected chi connectivity index (χ2v) is 4.66. The number of carboxylic acids is 1. The lowest BCUT2D eigenvalue weighted by Gasteiger charge is -2.29. The molecule has 23 heavy (non-hydrogen) atoms. The lowest BCUT2D eigenvalue weighted by molar-refractivity contribution is -0.359. The van der Waals surface area contributed by atoms with Gasteiger partial charge in [-0.05, 0) is 10.8 Å². The fourth-order valence-corrected chi connectivity index (χ4v) is 2.11. The Morgan fingerprint density at radius 1 is 0.870 bits per heavy atom. The van der Waals surface area contributed by atoms with Crippen LogP contribution < -0.4 is 0 Å². The van der Waals surface area contributed by atoms with E-state index in [9.17, 15) is 35.5 Å². The quantitative estimate of drug-likeness (QED) is 0.813. The van der Waals surface area contributed by atoms with E-state index >= 15 is 0 Å². The van der Waals surface area contributed by atoms with Crippen LogP contribution in [0.5, 0.6) is 0 Å². The summed E-state index contributed by atoms with van der Waals surface area (Å²) in [4.78, 5) is 11.2. The molecule has 9 heteroatoms. The van der Waals surface area contributed by atoms with Crippen LogP contribution in [0.2, 0.25) is 0 Å². The van der Waals surface area contributed by atoms with Crippen LogP contribution in [0, 0.1) is 0 Å². The van der Waals surface area contributed by atoms with Crippen molar-refractivity contribution in [2.45, 2.75) is 18.0 Å². The minimum absolute atomic E-state index is 0.111. The number of benzene rings is 2. The average Bonchev–Trinajstić information content (AvgIpc) is 2.44. The molecule has 0 atom stereocenters. The molecule has 1 N–H and O–H groups in total. The maximum absolute atomic E-state index is 13.8. The van der Waals surface area contributed by atoms with E-state index in [1.807, 2.05) is 0 Å². The van der Waals surface area contributed by atoms with E-state index in [4.69, 9.17) is 5.11 Å². The number of fused-ring (bicyclic) bond motifs is 1. The summed E-state index contributed by atoms with van der Waals surface area (Å²) < 4.78 is 90.9. The van der Waals surface area contributed by atoms with Crippen LogP contribution in [0.15, 0.2) is 36.4 Å². The molecule has 0 radical (unpaired) electrons. The number of aromatic carboxylic acids is 1. The molecule has 0 amide bonds. The average molecular weight is 340 g/mol. The number of hydrogen-bond donors (Lipinski definition) is 1. The summed E-state index contributed by atoms with van der Waals surface area (Å²) in [6.07, 6.45) is -6.54. The minimum Gasteiger partial charge on any atom is -0.478 e. The van der Waals surface area contributed by atoms with Crippen molar-refractivity contribution in [3.05, 3.63) is 47.5 Å². The Morgan fingerprint density at radius 2 is 1.43 bits per heavy atom. The van der Waals surface area contributed by atoms with Gasteiger partial charge in [0.05, 0.1) is 5.56 Å². The SMILES string of the molecule is O=C(O)c1c(C(F)(F)C(F)(F)C(F)(F)F)ccc2ccccc12. The number of halogens is 7. The van der Waals surface area contributed by atoms with Crippen molar-refractivity contribution in [2.75, 3.05) is 0 Å². The van der Waals surface area contributed by atoms with Crippen LogP contribution in [0.25, 0.3) is 10.8 Å². The second-order valence-electron chi connectivity index (χ2n) is 4.66. The zero-order valence-electron chi connectivity index (χ0n) is 11.0. The highest BCUT2D eigenvalue weighted by atomic mass is 19.4. The van der Waals surface area contributed by atoms with Crippen molar-refractivity contribution in [1.29, 1.82) is 0 Å². The summed E-state index contributed by atoms with van der Waals surface area (Å²) in [5, 5.41) is 8.78. The predicted octanol–water partition coefficient (Wildman–Crippen LogP) is 4.83. The monoisotopic (exact) mass is 340 g/mol. The van der Waals surface area contributed by atoms with E-state index in [-0.39, 0.29) is 16.8 Å². The van der Waals surface area contributed by atoms with Gasteiger partial charge in [0.2, 0.25) is 0 Å². The second kappa shape index (κ2) is 5.10. The minimum atomic E-state index is -6.54. The smallest absolute Gasteiger partial charge is 0.460 e. The molecule has 0 saturated carbocycles. The van der Waals surface area contributed by atoms with Crippen molar-refractivity contribution >= 4 is 16.7 Å². The zero-order chi connectivity index (χ0) is 17.6. The van der Waals surface area contributed by atoms with Crippen LogP contribution in [0.1, 0.15) is 15.9 Å². The van der Waals surface area contributed by atoms with Crippen molar-refractivity contribution in [1.82, 2.24) is 0 Å². The molecule has 0 spiro atoms. The Balaban J connectivity index is 2.82. The standard InChI is InChI=1S/C14H7F7O2/c15-12(16,13(17,18)14(19,20)21)9-6-5-7-3-1-2-4-8(7)10(9)11(22)23/h1-6H,(H,22,23). The van der Waals surface area contributed by atoms with E-state index < -0.39 is 35.1 Å². The third-order valence-electron chi connectivity index (χ3n) is 3.23. The normalized spacial score (nSPS) is 13.3. The molecule has 0 aromatic heterocycles. The Bertz CT molecular complexity index is 765. The van der Waals surface area contributed by atoms with Gasteiger partial charge in [0, 0.05) is 5.56 Å². The van der Waals surface area contributed by atoms with Gasteiger partial charge in [-0.2, -0.15) is 30.7 Å². The van der Waals surface area contributed by atoms with Crippen LogP contribution in [0.3, 0.4) is 0 Å². The van der Waals surface area contributed by atoms with Gasteiger partial charge < -0.3 is 5.11 Å². The Kier molecular flexibility index (Phi) is 3.78. The van der Waals surface area contributed by atoms with E-state index in [1.165, 1.54) is 18.2 Å². The van der Waals surface area contributed by atoms with E-state index in [0.717, 1.165) is 12.1 Å². The molecule has 0 unspecified atom stereocenters. The zero-order valence-corrected chi connectivity index (χ0v) is 11.0. The molecule has 0 bridgehead atoms. The maximum Gasteiger partial charge on any atom is 0.460 e. The van der Waals surface area contributed by atoms with E-state index in [0.29, 0.717) is 0 Å². The summed E-state index contributed by atoms with van der Waals surface area (Å²) in [7, 11) is 0. The number of hydrogen-bond acceptors (Lipinski definition) is 1. The van der Waals surface area contributed by atoms with E-state index in [1.54, 1.807) is 0 Å². The summed E-state index contributed by atoms with van der Waals surface area (Å²) >= 11 is 0. The van der Waals surface area contributed by atoms with Gasteiger partial charge in [-0.1, -0.05) is 36.4 Å². The van der Waals surface area contributed by atoms with Crippen molar-refractivity contribution in [2.24, 2.45) is 0 Å². The van der Waals surface area contributed by atoms with Crippen LogP contribution in [-0.4, -0.2) is 23.2 Å². The number of carboxylic acid groups (broad SMARTS) is 1. The van der Waals surface area contributed by atoms with Gasteiger partial charge in [0.1, 0.15) is 0 Å². The molecule has 0 aliphatic carbocycles. The van der Waals surface area contributed by atoms with Crippen LogP contribution in [0.4, 0.5) is 30.7 Å². The fourth-order valence-electron chi connectivity index (χ4n) is 2.11. The molecule has 0 fully saturated rings. The lowest BCUT2D eigenvalue weighted by Crippen LogP contribution is -2.50.